The molecule has 1 heterocycles. The lowest BCUT2D eigenvalue weighted by Crippen LogP contribution is -2.04. The van der Waals surface area contributed by atoms with Crippen LogP contribution in [0.2, 0.25) is 0 Å². The fraction of sp³-hybridized carbons (Fsp3) is 0.0667. The minimum atomic E-state index is -3.33. The Labute approximate surface area is 111 Å². The number of hydrogen-bond acceptors (Lipinski definition) is 3. The van der Waals surface area contributed by atoms with Crippen molar-refractivity contribution in [1.29, 1.82) is 0 Å². The van der Waals surface area contributed by atoms with E-state index in [1.165, 1.54) is 6.26 Å². The highest BCUT2D eigenvalue weighted by Crippen LogP contribution is 2.24. The number of hydrogen-bond donors (Lipinski definition) is 0. The van der Waals surface area contributed by atoms with Gasteiger partial charge in [0.2, 0.25) is 0 Å². The Bertz CT molecular complexity index is 802. The number of benzene rings is 2. The maximum absolute atomic E-state index is 12.3. The number of para-hydroxylation sites is 1. The molecule has 0 spiro atoms. The van der Waals surface area contributed by atoms with E-state index in [2.05, 4.69) is 0 Å². The Morgan fingerprint density at radius 3 is 2.37 bits per heavy atom. The molecular weight excluding hydrogens is 260 g/mol. The van der Waals surface area contributed by atoms with Gasteiger partial charge in [-0.15, -0.1) is 0 Å². The highest BCUT2D eigenvalue weighted by atomic mass is 32.2. The Morgan fingerprint density at radius 2 is 1.58 bits per heavy atom. The Balaban J connectivity index is 2.02. The molecule has 2 aromatic carbocycles. The molecule has 0 amide bonds. The molecule has 0 N–H and O–H groups in total. The van der Waals surface area contributed by atoms with Crippen LogP contribution in [0, 0.1) is 0 Å². The predicted molar refractivity (Wildman–Crippen MR) is 73.5 cm³/mol. The summed E-state index contributed by atoms with van der Waals surface area (Å²) in [5, 5.41) is 0.849. The molecule has 0 unspecified atom stereocenters. The molecule has 96 valence electrons. The van der Waals surface area contributed by atoms with Gasteiger partial charge in [0, 0.05) is 10.9 Å². The zero-order chi connectivity index (χ0) is 13.3. The molecule has 0 saturated heterocycles. The molecule has 0 aliphatic carbocycles. The van der Waals surface area contributed by atoms with Gasteiger partial charge in [-0.2, -0.15) is 0 Å². The van der Waals surface area contributed by atoms with Crippen LogP contribution in [-0.2, 0) is 15.6 Å². The topological polar surface area (TPSA) is 47.3 Å². The molecule has 0 bridgehead atoms. The molecule has 4 heteroatoms. The maximum atomic E-state index is 12.3. The van der Waals surface area contributed by atoms with Crippen molar-refractivity contribution in [3.05, 3.63) is 66.4 Å². The molecule has 3 nitrogen and oxygen atoms in total. The van der Waals surface area contributed by atoms with E-state index in [1.54, 1.807) is 30.3 Å². The van der Waals surface area contributed by atoms with Crippen LogP contribution in [0.1, 0.15) is 5.56 Å². The second kappa shape index (κ2) is 4.55. The van der Waals surface area contributed by atoms with E-state index in [4.69, 9.17) is 4.42 Å². The first kappa shape index (κ1) is 12.0. The molecular formula is C15H12O3S. The first-order chi connectivity index (χ1) is 9.17. The first-order valence-electron chi connectivity index (χ1n) is 5.90. The third-order valence-electron chi connectivity index (χ3n) is 3.01. The normalized spacial score (nSPS) is 11.8. The summed E-state index contributed by atoms with van der Waals surface area (Å²) in [6, 6.07) is 15.9. The van der Waals surface area contributed by atoms with Crippen LogP contribution < -0.4 is 0 Å². The summed E-state index contributed by atoms with van der Waals surface area (Å²) in [6.07, 6.45) is 1.52. The van der Waals surface area contributed by atoms with Crippen molar-refractivity contribution in [2.75, 3.05) is 0 Å². The van der Waals surface area contributed by atoms with Gasteiger partial charge >= 0.3 is 0 Å². The number of sulfone groups is 1. The zero-order valence-electron chi connectivity index (χ0n) is 10.1. The van der Waals surface area contributed by atoms with E-state index in [9.17, 15) is 8.42 Å². The Kier molecular flexibility index (Phi) is 2.87. The van der Waals surface area contributed by atoms with E-state index < -0.39 is 9.84 Å². The van der Waals surface area contributed by atoms with Crippen LogP contribution in [0.4, 0.5) is 0 Å². The molecule has 0 atom stereocenters. The molecule has 3 rings (SSSR count). The molecule has 3 aromatic rings. The van der Waals surface area contributed by atoms with Crippen molar-refractivity contribution in [3.63, 3.8) is 0 Å². The maximum Gasteiger partial charge on any atom is 0.182 e. The molecule has 19 heavy (non-hydrogen) atoms. The minimum absolute atomic E-state index is 0.0476. The van der Waals surface area contributed by atoms with E-state index in [-0.39, 0.29) is 5.75 Å². The van der Waals surface area contributed by atoms with Gasteiger partial charge in [0.05, 0.1) is 16.9 Å². The van der Waals surface area contributed by atoms with Crippen molar-refractivity contribution in [2.24, 2.45) is 0 Å². The zero-order valence-corrected chi connectivity index (χ0v) is 10.9. The third-order valence-corrected chi connectivity index (χ3v) is 4.69. The van der Waals surface area contributed by atoms with E-state index in [1.807, 2.05) is 24.3 Å². The fourth-order valence-electron chi connectivity index (χ4n) is 2.06. The summed E-state index contributed by atoms with van der Waals surface area (Å²) in [6.45, 7) is 0. The quantitative estimate of drug-likeness (QED) is 0.734. The van der Waals surface area contributed by atoms with Gasteiger partial charge < -0.3 is 4.42 Å². The van der Waals surface area contributed by atoms with E-state index >= 15 is 0 Å². The molecule has 0 radical (unpaired) electrons. The lowest BCUT2D eigenvalue weighted by atomic mass is 10.2. The van der Waals surface area contributed by atoms with Crippen LogP contribution in [0.3, 0.4) is 0 Å². The summed E-state index contributed by atoms with van der Waals surface area (Å²) in [5.74, 6) is -0.0476. The van der Waals surface area contributed by atoms with Gasteiger partial charge in [0.15, 0.2) is 9.84 Å². The largest absolute Gasteiger partial charge is 0.464 e. The summed E-state index contributed by atoms with van der Waals surface area (Å²) >= 11 is 0. The van der Waals surface area contributed by atoms with Gasteiger partial charge in [-0.25, -0.2) is 8.42 Å². The lowest BCUT2D eigenvalue weighted by Gasteiger charge is -2.02. The van der Waals surface area contributed by atoms with Gasteiger partial charge in [-0.1, -0.05) is 36.4 Å². The van der Waals surface area contributed by atoms with Crippen molar-refractivity contribution in [2.45, 2.75) is 10.6 Å². The molecule has 0 aliphatic heterocycles. The summed E-state index contributed by atoms with van der Waals surface area (Å²) in [7, 11) is -3.33. The summed E-state index contributed by atoms with van der Waals surface area (Å²) < 4.78 is 30.0. The minimum Gasteiger partial charge on any atom is -0.464 e. The smallest absolute Gasteiger partial charge is 0.182 e. The Hall–Kier alpha value is -2.07. The standard InChI is InChI=1S/C15H12O3S/c16-19(17,13-6-2-1-3-7-13)11-12-10-18-15-9-5-4-8-14(12)15/h1-10H,11H2. The predicted octanol–water partition coefficient (Wildman–Crippen LogP) is 3.41. The average Bonchev–Trinajstić information content (AvgIpc) is 2.83. The number of furan rings is 1. The highest BCUT2D eigenvalue weighted by Gasteiger charge is 2.17. The van der Waals surface area contributed by atoms with E-state index in [0.29, 0.717) is 16.0 Å². The Morgan fingerprint density at radius 1 is 0.895 bits per heavy atom. The highest BCUT2D eigenvalue weighted by molar-refractivity contribution is 7.90. The molecule has 0 saturated carbocycles. The molecule has 1 aromatic heterocycles. The van der Waals surface area contributed by atoms with Crippen LogP contribution in [0.15, 0.2) is 70.2 Å². The number of rotatable bonds is 3. The first-order valence-corrected chi connectivity index (χ1v) is 7.55. The van der Waals surface area contributed by atoms with Crippen LogP contribution in [0.25, 0.3) is 11.0 Å². The van der Waals surface area contributed by atoms with E-state index in [0.717, 1.165) is 5.39 Å². The van der Waals surface area contributed by atoms with Gasteiger partial charge in [-0.3, -0.25) is 0 Å². The van der Waals surface area contributed by atoms with Gasteiger partial charge in [-0.05, 0) is 18.2 Å². The third kappa shape index (κ3) is 2.27. The molecule has 0 fully saturated rings. The number of fused-ring (bicyclic) bond motifs is 1. The van der Waals surface area contributed by atoms with Crippen molar-refractivity contribution in [1.82, 2.24) is 0 Å². The van der Waals surface area contributed by atoms with Crippen LogP contribution in [0.5, 0.6) is 0 Å². The average molecular weight is 272 g/mol. The summed E-state index contributed by atoms with van der Waals surface area (Å²) in [4.78, 5) is 0.334. The lowest BCUT2D eigenvalue weighted by molar-refractivity contribution is 0.591. The van der Waals surface area contributed by atoms with Gasteiger partial charge in [0.25, 0.3) is 0 Å². The van der Waals surface area contributed by atoms with Crippen LogP contribution >= 0.6 is 0 Å². The van der Waals surface area contributed by atoms with Crippen molar-refractivity contribution in [3.8, 4) is 0 Å². The summed E-state index contributed by atoms with van der Waals surface area (Å²) in [5.41, 5.74) is 1.40. The SMILES string of the molecule is O=S(=O)(Cc1coc2ccccc12)c1ccccc1. The van der Waals surface area contributed by atoms with Crippen molar-refractivity contribution < 1.29 is 12.8 Å². The second-order valence-electron chi connectivity index (χ2n) is 4.33. The molecule has 0 aliphatic rings. The van der Waals surface area contributed by atoms with Crippen molar-refractivity contribution >= 4 is 20.8 Å². The van der Waals surface area contributed by atoms with Gasteiger partial charge in [0.1, 0.15) is 5.58 Å². The fourth-order valence-corrected chi connectivity index (χ4v) is 3.43. The monoisotopic (exact) mass is 272 g/mol. The van der Waals surface area contributed by atoms with Crippen LogP contribution in [-0.4, -0.2) is 8.42 Å². The second-order valence-corrected chi connectivity index (χ2v) is 6.32.